The highest BCUT2D eigenvalue weighted by Gasteiger charge is 2.19. The van der Waals surface area contributed by atoms with Crippen molar-refractivity contribution in [3.05, 3.63) is 23.2 Å². The van der Waals surface area contributed by atoms with Crippen LogP contribution < -0.4 is 11.3 Å². The third-order valence-electron chi connectivity index (χ3n) is 2.39. The first-order valence-electron chi connectivity index (χ1n) is 5.74. The van der Waals surface area contributed by atoms with Gasteiger partial charge in [-0.05, 0) is 33.9 Å². The zero-order valence-electron chi connectivity index (χ0n) is 11.3. The Hall–Kier alpha value is -1.37. The number of hydrogen-bond acceptors (Lipinski definition) is 5. The Morgan fingerprint density at radius 2 is 2.22 bits per heavy atom. The van der Waals surface area contributed by atoms with Gasteiger partial charge in [0, 0.05) is 12.1 Å². The van der Waals surface area contributed by atoms with E-state index >= 15 is 0 Å². The predicted octanol–water partition coefficient (Wildman–Crippen LogP) is 0.394. The first kappa shape index (κ1) is 14.7. The van der Waals surface area contributed by atoms with Gasteiger partial charge in [-0.3, -0.25) is 15.1 Å². The molecule has 0 fully saturated rings. The van der Waals surface area contributed by atoms with Gasteiger partial charge in [0.1, 0.15) is 5.76 Å². The number of carbonyl (C=O) groups is 1. The maximum absolute atomic E-state index is 11.4. The van der Waals surface area contributed by atoms with E-state index < -0.39 is 11.5 Å². The van der Waals surface area contributed by atoms with Crippen LogP contribution in [0.1, 0.15) is 35.7 Å². The van der Waals surface area contributed by atoms with Crippen molar-refractivity contribution in [2.75, 3.05) is 13.6 Å². The summed E-state index contributed by atoms with van der Waals surface area (Å²) in [6.07, 6.45) is 0. The van der Waals surface area contributed by atoms with Crippen LogP contribution in [0.2, 0.25) is 0 Å². The molecule has 0 saturated carbocycles. The minimum absolute atomic E-state index is 0.226. The van der Waals surface area contributed by atoms with Crippen LogP contribution in [0.4, 0.5) is 0 Å². The Kier molecular flexibility index (Phi) is 4.50. The minimum atomic E-state index is -0.770. The van der Waals surface area contributed by atoms with Gasteiger partial charge in [-0.25, -0.2) is 5.84 Å². The van der Waals surface area contributed by atoms with Gasteiger partial charge >= 0.3 is 5.91 Å². The Morgan fingerprint density at radius 1 is 1.61 bits per heavy atom. The number of nitrogens with two attached hydrogens (primary N) is 1. The molecule has 4 N–H and O–H groups in total. The van der Waals surface area contributed by atoms with Gasteiger partial charge in [0.25, 0.3) is 0 Å². The molecule has 1 amide bonds. The molecule has 18 heavy (non-hydrogen) atoms. The van der Waals surface area contributed by atoms with Crippen molar-refractivity contribution in [1.82, 2.24) is 10.3 Å². The highest BCUT2D eigenvalue weighted by Crippen LogP contribution is 2.16. The molecule has 0 aliphatic rings. The number of nitrogen functional groups attached to an aromatic ring is 1. The topological polar surface area (TPSA) is 91.7 Å². The predicted molar refractivity (Wildman–Crippen MR) is 67.7 cm³/mol. The molecule has 0 bridgehead atoms. The Bertz CT molecular complexity index is 421. The Morgan fingerprint density at radius 3 is 2.72 bits per heavy atom. The maximum atomic E-state index is 11.4. The molecular formula is C12H21N3O3. The van der Waals surface area contributed by atoms with E-state index in [4.69, 9.17) is 10.3 Å². The molecule has 1 heterocycles. The largest absolute Gasteiger partial charge is 0.454 e. The second-order valence-electron chi connectivity index (χ2n) is 5.18. The molecule has 0 radical (unpaired) electrons. The number of carbonyl (C=O) groups excluding carboxylic acids is 1. The lowest BCUT2D eigenvalue weighted by atomic mass is 10.1. The fourth-order valence-corrected chi connectivity index (χ4v) is 1.90. The second kappa shape index (κ2) is 5.51. The SMILES string of the molecule is Cc1cc(CN(C)CC(C)(C)O)oc1C(=O)NN. The van der Waals surface area contributed by atoms with Crippen LogP contribution >= 0.6 is 0 Å². The van der Waals surface area contributed by atoms with E-state index in [1.807, 2.05) is 17.4 Å². The van der Waals surface area contributed by atoms with Crippen molar-refractivity contribution >= 4 is 5.91 Å². The Labute approximate surface area is 107 Å². The van der Waals surface area contributed by atoms with Gasteiger partial charge in [0.15, 0.2) is 5.76 Å². The Balaban J connectivity index is 2.72. The van der Waals surface area contributed by atoms with Gasteiger partial charge in [-0.2, -0.15) is 0 Å². The number of furan rings is 1. The smallest absolute Gasteiger partial charge is 0.301 e. The number of hydrazine groups is 1. The van der Waals surface area contributed by atoms with Crippen LogP contribution in [0.25, 0.3) is 0 Å². The van der Waals surface area contributed by atoms with Crippen LogP contribution in [0.15, 0.2) is 10.5 Å². The minimum Gasteiger partial charge on any atom is -0.454 e. The van der Waals surface area contributed by atoms with Gasteiger partial charge in [0.2, 0.25) is 0 Å². The van der Waals surface area contributed by atoms with E-state index in [2.05, 4.69) is 0 Å². The summed E-state index contributed by atoms with van der Waals surface area (Å²) in [4.78, 5) is 13.3. The molecule has 0 saturated heterocycles. The van der Waals surface area contributed by atoms with E-state index in [-0.39, 0.29) is 5.76 Å². The lowest BCUT2D eigenvalue weighted by Crippen LogP contribution is -2.35. The van der Waals surface area contributed by atoms with Crippen molar-refractivity contribution in [2.45, 2.75) is 32.9 Å². The van der Waals surface area contributed by atoms with Gasteiger partial charge in [-0.1, -0.05) is 0 Å². The summed E-state index contributed by atoms with van der Waals surface area (Å²) in [5.41, 5.74) is 2.01. The molecule has 0 aromatic carbocycles. The van der Waals surface area contributed by atoms with E-state index in [9.17, 15) is 9.90 Å². The van der Waals surface area contributed by atoms with Crippen LogP contribution in [0.5, 0.6) is 0 Å². The van der Waals surface area contributed by atoms with E-state index in [1.165, 1.54) is 0 Å². The number of aliphatic hydroxyl groups is 1. The quantitative estimate of drug-likeness (QED) is 0.402. The zero-order valence-corrected chi connectivity index (χ0v) is 11.3. The molecule has 1 rings (SSSR count). The summed E-state index contributed by atoms with van der Waals surface area (Å²) in [6, 6.07) is 1.80. The number of nitrogens with zero attached hydrogens (tertiary/aromatic N) is 1. The zero-order chi connectivity index (χ0) is 13.9. The molecule has 0 atom stereocenters. The van der Waals surface area contributed by atoms with Crippen molar-refractivity contribution in [1.29, 1.82) is 0 Å². The molecule has 6 heteroatoms. The van der Waals surface area contributed by atoms with Crippen molar-refractivity contribution in [3.63, 3.8) is 0 Å². The molecule has 1 aromatic heterocycles. The number of rotatable bonds is 5. The van der Waals surface area contributed by atoms with Crippen molar-refractivity contribution in [3.8, 4) is 0 Å². The lowest BCUT2D eigenvalue weighted by molar-refractivity contribution is 0.0405. The number of likely N-dealkylation sites (N-methyl/N-ethyl adjacent to an activating group) is 1. The van der Waals surface area contributed by atoms with Crippen molar-refractivity contribution < 1.29 is 14.3 Å². The normalized spacial score (nSPS) is 11.9. The molecule has 1 aromatic rings. The number of nitrogens with one attached hydrogen (secondary N) is 1. The first-order chi connectivity index (χ1) is 8.23. The number of aryl methyl sites for hydroxylation is 1. The maximum Gasteiger partial charge on any atom is 0.301 e. The summed E-state index contributed by atoms with van der Waals surface area (Å²) < 4.78 is 5.44. The van der Waals surface area contributed by atoms with Crippen LogP contribution in [-0.2, 0) is 6.54 Å². The number of hydrogen-bond donors (Lipinski definition) is 3. The van der Waals surface area contributed by atoms with Crippen molar-refractivity contribution in [2.24, 2.45) is 5.84 Å². The van der Waals surface area contributed by atoms with E-state index in [1.54, 1.807) is 26.8 Å². The molecular weight excluding hydrogens is 234 g/mol. The summed E-state index contributed by atoms with van der Waals surface area (Å²) in [7, 11) is 1.87. The summed E-state index contributed by atoms with van der Waals surface area (Å²) >= 11 is 0. The summed E-state index contributed by atoms with van der Waals surface area (Å²) in [5, 5.41) is 9.70. The molecule has 102 valence electrons. The highest BCUT2D eigenvalue weighted by molar-refractivity contribution is 5.92. The van der Waals surface area contributed by atoms with E-state index in [0.29, 0.717) is 18.8 Å². The van der Waals surface area contributed by atoms with E-state index in [0.717, 1.165) is 5.56 Å². The average molecular weight is 255 g/mol. The molecule has 0 spiro atoms. The van der Waals surface area contributed by atoms with Crippen LogP contribution in [-0.4, -0.2) is 35.1 Å². The fourth-order valence-electron chi connectivity index (χ4n) is 1.90. The highest BCUT2D eigenvalue weighted by atomic mass is 16.4. The molecule has 0 aliphatic carbocycles. The molecule has 6 nitrogen and oxygen atoms in total. The van der Waals surface area contributed by atoms with Crippen LogP contribution in [0, 0.1) is 6.92 Å². The summed E-state index contributed by atoms with van der Waals surface area (Å²) in [6.45, 7) is 6.29. The molecule has 0 aliphatic heterocycles. The monoisotopic (exact) mass is 255 g/mol. The van der Waals surface area contributed by atoms with Crippen LogP contribution in [0.3, 0.4) is 0 Å². The summed E-state index contributed by atoms with van der Waals surface area (Å²) in [5.74, 6) is 5.51. The second-order valence-corrected chi connectivity index (χ2v) is 5.18. The van der Waals surface area contributed by atoms with Gasteiger partial charge < -0.3 is 9.52 Å². The third-order valence-corrected chi connectivity index (χ3v) is 2.39. The molecule has 0 unspecified atom stereocenters. The lowest BCUT2D eigenvalue weighted by Gasteiger charge is -2.24. The third kappa shape index (κ3) is 4.14. The average Bonchev–Trinajstić information content (AvgIpc) is 2.55. The number of amides is 1. The fraction of sp³-hybridized carbons (Fsp3) is 0.583. The van der Waals surface area contributed by atoms with Gasteiger partial charge in [0.05, 0.1) is 12.1 Å². The van der Waals surface area contributed by atoms with Gasteiger partial charge in [-0.15, -0.1) is 0 Å². The first-order valence-corrected chi connectivity index (χ1v) is 5.74. The standard InChI is InChI=1S/C12H21N3O3/c1-8-5-9(18-10(8)11(16)14-13)6-15(4)7-12(2,3)17/h5,17H,6-7,13H2,1-4H3,(H,14,16).